The molecule has 0 saturated carbocycles. The summed E-state index contributed by atoms with van der Waals surface area (Å²) in [7, 11) is 0. The molecule has 7 unspecified atom stereocenters. The number of hydrogen-bond donors (Lipinski definition) is 1. The lowest BCUT2D eigenvalue weighted by Gasteiger charge is -2.32. The highest BCUT2D eigenvalue weighted by Gasteiger charge is 2.41. The number of nitrogens with one attached hydrogen (secondary N) is 1. The van der Waals surface area contributed by atoms with E-state index in [0.717, 1.165) is 43.6 Å². The summed E-state index contributed by atoms with van der Waals surface area (Å²) in [6.07, 6.45) is 46.5. The molecule has 12 rings (SSSR count). The molecule has 8 aliphatic rings. The first-order chi connectivity index (χ1) is 31.2. The van der Waals surface area contributed by atoms with Gasteiger partial charge in [0.15, 0.2) is 0 Å². The number of para-hydroxylation sites is 1. The fraction of sp³-hybridized carbons (Fsp3) is 0.217. The molecule has 4 aromatic carbocycles. The van der Waals surface area contributed by atoms with Crippen molar-refractivity contribution in [1.82, 2.24) is 5.32 Å². The van der Waals surface area contributed by atoms with Crippen LogP contribution in [0, 0.1) is 11.8 Å². The highest BCUT2D eigenvalue weighted by molar-refractivity contribution is 6.01. The van der Waals surface area contributed by atoms with Crippen LogP contribution >= 0.6 is 0 Å². The summed E-state index contributed by atoms with van der Waals surface area (Å²) in [4.78, 5) is 7.92. The Morgan fingerprint density at radius 1 is 0.667 bits per heavy atom. The number of amidine groups is 1. The summed E-state index contributed by atoms with van der Waals surface area (Å²) in [6, 6.07) is 36.5. The van der Waals surface area contributed by atoms with Crippen molar-refractivity contribution < 1.29 is 0 Å². The molecule has 0 radical (unpaired) electrons. The van der Waals surface area contributed by atoms with Crippen LogP contribution in [0.25, 0.3) is 11.1 Å². The maximum absolute atomic E-state index is 5.36. The molecule has 0 saturated heterocycles. The van der Waals surface area contributed by atoms with E-state index in [2.05, 4.69) is 211 Å². The van der Waals surface area contributed by atoms with Crippen LogP contribution < -0.4 is 10.2 Å². The molecule has 1 N–H and O–H groups in total. The number of benzene rings is 4. The molecule has 0 amide bonds. The summed E-state index contributed by atoms with van der Waals surface area (Å²) in [5, 5.41) is 3.80. The first-order valence-electron chi connectivity index (χ1n) is 23.3. The minimum absolute atomic E-state index is 0.0389. The third kappa shape index (κ3) is 7.04. The van der Waals surface area contributed by atoms with Crippen molar-refractivity contribution >= 4 is 17.2 Å². The third-order valence-electron chi connectivity index (χ3n) is 14.7. The predicted molar refractivity (Wildman–Crippen MR) is 262 cm³/mol. The first kappa shape index (κ1) is 38.0. The van der Waals surface area contributed by atoms with Gasteiger partial charge < -0.3 is 10.2 Å². The molecule has 308 valence electrons. The van der Waals surface area contributed by atoms with Gasteiger partial charge in [0.25, 0.3) is 0 Å². The SMILES string of the molecule is C1=CCCC(CC2c3ccc(-c4ccc5c(c4)C4C=C(C6C=CC=C(C7=NC(c8ccccc8)C=C(C8=CCCC=C8)N7)C6)C=CC4N5c4ccccc4)cc3C3C=CC=CC32)=C1. The van der Waals surface area contributed by atoms with E-state index in [-0.39, 0.29) is 23.9 Å². The lowest BCUT2D eigenvalue weighted by molar-refractivity contribution is 0.501. The predicted octanol–water partition coefficient (Wildman–Crippen LogP) is 14.4. The summed E-state index contributed by atoms with van der Waals surface area (Å²) in [5.74, 6) is 2.93. The van der Waals surface area contributed by atoms with E-state index in [1.165, 1.54) is 67.9 Å². The standard InChI is InChI=1S/C60H53N3/c1-5-16-40(17-6-1)34-52-49-26-13-14-27-50(49)53-36-44(28-31-51(52)53)46-30-33-59-55(38-46)54-37-45(29-32-58(54)63(59)48-24-11-4-12-25-48)43-22-15-23-47(35-43)60-61-56(41-18-7-2-8-19-41)39-57(62-60)42-20-9-3-10-21-42/h1-2,4-5,7-9,11-16,18-33,36-39,43,49-50,52,54,56,58H,3,6,10,17,34-35H2,(H,61,62). The molecule has 0 fully saturated rings. The molecular formula is C60H53N3. The summed E-state index contributed by atoms with van der Waals surface area (Å²) < 4.78 is 0. The minimum atomic E-state index is -0.0389. The zero-order valence-electron chi connectivity index (χ0n) is 35.7. The number of allylic oxidation sites excluding steroid dienone is 16. The number of hydrogen-bond acceptors (Lipinski definition) is 3. The first-order valence-corrected chi connectivity index (χ1v) is 23.3. The van der Waals surface area contributed by atoms with E-state index >= 15 is 0 Å². The fourth-order valence-corrected chi connectivity index (χ4v) is 11.6. The number of rotatable bonds is 8. The van der Waals surface area contributed by atoms with Gasteiger partial charge in [-0.2, -0.15) is 0 Å². The minimum Gasteiger partial charge on any atom is -0.340 e. The van der Waals surface area contributed by atoms with Crippen LogP contribution in [0.4, 0.5) is 11.4 Å². The van der Waals surface area contributed by atoms with E-state index < -0.39 is 0 Å². The Labute approximate surface area is 372 Å². The molecule has 0 bridgehead atoms. The Kier molecular flexibility index (Phi) is 9.77. The van der Waals surface area contributed by atoms with Gasteiger partial charge in [0.2, 0.25) is 0 Å². The lowest BCUT2D eigenvalue weighted by atomic mass is 9.80. The Balaban J connectivity index is 0.864. The fourth-order valence-electron chi connectivity index (χ4n) is 11.6. The molecule has 2 heterocycles. The van der Waals surface area contributed by atoms with Crippen LogP contribution in [0.3, 0.4) is 0 Å². The maximum atomic E-state index is 5.36. The van der Waals surface area contributed by atoms with Crippen molar-refractivity contribution in [3.8, 4) is 11.1 Å². The number of nitrogens with zero attached hydrogens (tertiary/aromatic N) is 2. The van der Waals surface area contributed by atoms with E-state index in [0.29, 0.717) is 17.8 Å². The van der Waals surface area contributed by atoms with Crippen LogP contribution in [-0.2, 0) is 0 Å². The van der Waals surface area contributed by atoms with Gasteiger partial charge in [-0.05, 0) is 131 Å². The largest absolute Gasteiger partial charge is 0.340 e. The van der Waals surface area contributed by atoms with E-state index in [9.17, 15) is 0 Å². The molecule has 3 nitrogen and oxygen atoms in total. The van der Waals surface area contributed by atoms with Gasteiger partial charge in [0, 0.05) is 34.8 Å². The lowest BCUT2D eigenvalue weighted by Crippen LogP contribution is -2.32. The molecule has 63 heavy (non-hydrogen) atoms. The van der Waals surface area contributed by atoms with Crippen LogP contribution in [0.5, 0.6) is 0 Å². The van der Waals surface area contributed by atoms with Crippen LogP contribution in [-0.4, -0.2) is 11.9 Å². The van der Waals surface area contributed by atoms with Gasteiger partial charge in [-0.25, -0.2) is 0 Å². The average Bonchev–Trinajstić information content (AvgIpc) is 3.86. The van der Waals surface area contributed by atoms with E-state index in [1.807, 2.05) is 0 Å². The van der Waals surface area contributed by atoms with Crippen molar-refractivity contribution in [3.05, 3.63) is 251 Å². The number of aliphatic imine (C=N–C) groups is 1. The van der Waals surface area contributed by atoms with E-state index in [1.54, 1.807) is 5.57 Å². The van der Waals surface area contributed by atoms with Crippen molar-refractivity contribution in [3.63, 3.8) is 0 Å². The molecule has 6 aliphatic carbocycles. The molecule has 0 spiro atoms. The topological polar surface area (TPSA) is 27.6 Å². The molecule has 7 atom stereocenters. The second kappa shape index (κ2) is 16.2. The van der Waals surface area contributed by atoms with Gasteiger partial charge in [0.1, 0.15) is 5.84 Å². The Hall–Kier alpha value is -6.71. The van der Waals surface area contributed by atoms with Gasteiger partial charge >= 0.3 is 0 Å². The zero-order chi connectivity index (χ0) is 41.7. The molecule has 4 aromatic rings. The van der Waals surface area contributed by atoms with Crippen LogP contribution in [0.15, 0.2) is 233 Å². The summed E-state index contributed by atoms with van der Waals surface area (Å²) >= 11 is 0. The average molecular weight is 816 g/mol. The van der Waals surface area contributed by atoms with Gasteiger partial charge in [-0.15, -0.1) is 0 Å². The van der Waals surface area contributed by atoms with Crippen molar-refractivity contribution in [2.45, 2.75) is 68.4 Å². The monoisotopic (exact) mass is 815 g/mol. The Morgan fingerprint density at radius 3 is 2.35 bits per heavy atom. The normalized spacial score (nSPS) is 27.2. The van der Waals surface area contributed by atoms with Gasteiger partial charge in [-0.1, -0.05) is 176 Å². The summed E-state index contributed by atoms with van der Waals surface area (Å²) in [5.41, 5.74) is 17.5. The molecule has 3 heteroatoms. The second-order valence-electron chi connectivity index (χ2n) is 18.4. The third-order valence-corrected chi connectivity index (χ3v) is 14.7. The molecule has 0 aromatic heterocycles. The summed E-state index contributed by atoms with van der Waals surface area (Å²) in [6.45, 7) is 0. The quantitative estimate of drug-likeness (QED) is 0.192. The maximum Gasteiger partial charge on any atom is 0.129 e. The van der Waals surface area contributed by atoms with Crippen molar-refractivity contribution in [2.75, 3.05) is 4.90 Å². The number of fused-ring (bicyclic) bond motifs is 6. The molecular weight excluding hydrogens is 763 g/mol. The van der Waals surface area contributed by atoms with Crippen molar-refractivity contribution in [2.24, 2.45) is 16.8 Å². The van der Waals surface area contributed by atoms with Crippen molar-refractivity contribution in [1.29, 1.82) is 0 Å². The smallest absolute Gasteiger partial charge is 0.129 e. The highest BCUT2D eigenvalue weighted by atomic mass is 15.2. The Bertz CT molecular complexity index is 2850. The Morgan fingerprint density at radius 2 is 1.51 bits per heavy atom. The highest BCUT2D eigenvalue weighted by Crippen LogP contribution is 2.54. The van der Waals surface area contributed by atoms with Crippen LogP contribution in [0.1, 0.15) is 84.6 Å². The van der Waals surface area contributed by atoms with Crippen LogP contribution in [0.2, 0.25) is 0 Å². The molecule has 2 aliphatic heterocycles. The second-order valence-corrected chi connectivity index (χ2v) is 18.4. The zero-order valence-corrected chi connectivity index (χ0v) is 35.7. The van der Waals surface area contributed by atoms with Gasteiger partial charge in [0.05, 0.1) is 12.1 Å². The van der Waals surface area contributed by atoms with Gasteiger partial charge in [-0.3, -0.25) is 4.99 Å². The number of anilines is 2. The van der Waals surface area contributed by atoms with E-state index in [4.69, 9.17) is 4.99 Å².